The van der Waals surface area contributed by atoms with Crippen LogP contribution in [-0.2, 0) is 16.2 Å². The quantitative estimate of drug-likeness (QED) is 0.809. The van der Waals surface area contributed by atoms with Gasteiger partial charge in [-0.3, -0.25) is 0 Å². The van der Waals surface area contributed by atoms with Crippen LogP contribution < -0.4 is 4.74 Å². The maximum atomic E-state index is 12.6. The minimum atomic E-state index is -4.50. The molecule has 0 bridgehead atoms. The highest BCUT2D eigenvalue weighted by Crippen LogP contribution is 2.31. The number of rotatable bonds is 4. The van der Waals surface area contributed by atoms with Gasteiger partial charge in [-0.15, -0.1) is 0 Å². The van der Waals surface area contributed by atoms with E-state index < -0.39 is 21.8 Å². The normalized spacial score (nSPS) is 18.8. The molecule has 1 aromatic heterocycles. The fourth-order valence-electron chi connectivity index (χ4n) is 2.67. The molecule has 0 radical (unpaired) electrons. The first kappa shape index (κ1) is 18.7. The van der Waals surface area contributed by atoms with Crippen molar-refractivity contribution in [2.75, 3.05) is 13.1 Å². The van der Waals surface area contributed by atoms with Crippen LogP contribution in [0.4, 0.5) is 13.2 Å². The molecule has 1 aromatic carbocycles. The van der Waals surface area contributed by atoms with Crippen molar-refractivity contribution in [3.8, 4) is 5.88 Å². The van der Waals surface area contributed by atoms with Crippen LogP contribution in [0.5, 0.6) is 5.88 Å². The summed E-state index contributed by atoms with van der Waals surface area (Å²) in [6.45, 7) is 2.25. The van der Waals surface area contributed by atoms with E-state index in [0.717, 1.165) is 29.8 Å². The van der Waals surface area contributed by atoms with Gasteiger partial charge in [0.05, 0.1) is 17.0 Å². The molecule has 26 heavy (non-hydrogen) atoms. The number of alkyl halides is 3. The summed E-state index contributed by atoms with van der Waals surface area (Å²) in [7, 11) is -3.87. The number of aromatic nitrogens is 1. The van der Waals surface area contributed by atoms with E-state index in [2.05, 4.69) is 4.98 Å². The molecule has 1 aliphatic rings. The zero-order chi connectivity index (χ0) is 18.9. The van der Waals surface area contributed by atoms with Gasteiger partial charge < -0.3 is 4.74 Å². The third kappa shape index (κ3) is 3.99. The average Bonchev–Trinajstić information content (AvgIpc) is 3.06. The van der Waals surface area contributed by atoms with Gasteiger partial charge in [0.25, 0.3) is 0 Å². The number of aryl methyl sites for hydroxylation is 1. The molecule has 9 heteroatoms. The molecule has 140 valence electrons. The van der Waals surface area contributed by atoms with Gasteiger partial charge in [-0.05, 0) is 43.2 Å². The largest absolute Gasteiger partial charge is 0.473 e. The SMILES string of the molecule is Cc1ccc(OC2CCN(S(=O)(=O)c3ccc(C(F)(F)F)cc3)C2)nc1. The van der Waals surface area contributed by atoms with E-state index in [9.17, 15) is 21.6 Å². The summed E-state index contributed by atoms with van der Waals surface area (Å²) in [6, 6.07) is 7.05. The Morgan fingerprint density at radius 3 is 2.42 bits per heavy atom. The van der Waals surface area contributed by atoms with Gasteiger partial charge >= 0.3 is 6.18 Å². The lowest BCUT2D eigenvalue weighted by Gasteiger charge is -2.17. The molecule has 1 atom stereocenters. The van der Waals surface area contributed by atoms with Crippen LogP contribution in [0.2, 0.25) is 0 Å². The Morgan fingerprint density at radius 1 is 1.15 bits per heavy atom. The number of benzene rings is 1. The summed E-state index contributed by atoms with van der Waals surface area (Å²) in [4.78, 5) is 3.96. The van der Waals surface area contributed by atoms with E-state index in [-0.39, 0.29) is 24.1 Å². The summed E-state index contributed by atoms with van der Waals surface area (Å²) >= 11 is 0. The fourth-order valence-corrected chi connectivity index (χ4v) is 4.16. The van der Waals surface area contributed by atoms with Crippen LogP contribution in [0.1, 0.15) is 17.5 Å². The molecule has 0 aliphatic carbocycles. The molecule has 1 saturated heterocycles. The van der Waals surface area contributed by atoms with Gasteiger partial charge in [-0.2, -0.15) is 17.5 Å². The van der Waals surface area contributed by atoms with E-state index in [1.54, 1.807) is 12.3 Å². The van der Waals surface area contributed by atoms with E-state index in [1.165, 1.54) is 4.31 Å². The number of hydrogen-bond donors (Lipinski definition) is 0. The lowest BCUT2D eigenvalue weighted by molar-refractivity contribution is -0.137. The van der Waals surface area contributed by atoms with Gasteiger partial charge in [0.15, 0.2) is 0 Å². The Kier molecular flexibility index (Phi) is 4.94. The second kappa shape index (κ2) is 6.88. The predicted molar refractivity (Wildman–Crippen MR) is 88.2 cm³/mol. The topological polar surface area (TPSA) is 59.5 Å². The molecule has 0 spiro atoms. The van der Waals surface area contributed by atoms with Crippen molar-refractivity contribution in [2.45, 2.75) is 30.5 Å². The number of sulfonamides is 1. The number of pyridine rings is 1. The van der Waals surface area contributed by atoms with Crippen LogP contribution >= 0.6 is 0 Å². The summed E-state index contributed by atoms with van der Waals surface area (Å²) < 4.78 is 70.0. The summed E-state index contributed by atoms with van der Waals surface area (Å²) in [6.07, 6.45) is -2.72. The first-order valence-corrected chi connectivity index (χ1v) is 9.37. The molecule has 1 fully saturated rings. The fraction of sp³-hybridized carbons (Fsp3) is 0.353. The van der Waals surface area contributed by atoms with E-state index in [1.807, 2.05) is 13.0 Å². The Labute approximate surface area is 149 Å². The molecule has 0 saturated carbocycles. The Hall–Kier alpha value is -2.13. The maximum Gasteiger partial charge on any atom is 0.416 e. The minimum absolute atomic E-state index is 0.124. The lowest BCUT2D eigenvalue weighted by atomic mass is 10.2. The molecule has 1 aliphatic heterocycles. The highest BCUT2D eigenvalue weighted by molar-refractivity contribution is 7.89. The Bertz CT molecular complexity index is 866. The van der Waals surface area contributed by atoms with Crippen molar-refractivity contribution in [1.82, 2.24) is 9.29 Å². The molecular weight excluding hydrogens is 369 g/mol. The van der Waals surface area contributed by atoms with Crippen LogP contribution in [-0.4, -0.2) is 36.9 Å². The van der Waals surface area contributed by atoms with Crippen molar-refractivity contribution >= 4 is 10.0 Å². The highest BCUT2D eigenvalue weighted by Gasteiger charge is 2.35. The van der Waals surface area contributed by atoms with Crippen LogP contribution in [0.15, 0.2) is 47.5 Å². The second-order valence-corrected chi connectivity index (χ2v) is 8.03. The predicted octanol–water partition coefficient (Wildman–Crippen LogP) is 3.25. The third-order valence-electron chi connectivity index (χ3n) is 4.10. The molecule has 1 unspecified atom stereocenters. The highest BCUT2D eigenvalue weighted by atomic mass is 32.2. The van der Waals surface area contributed by atoms with Gasteiger partial charge in [0.1, 0.15) is 6.10 Å². The van der Waals surface area contributed by atoms with Crippen molar-refractivity contribution in [3.63, 3.8) is 0 Å². The van der Waals surface area contributed by atoms with Gasteiger partial charge in [0, 0.05) is 18.8 Å². The average molecular weight is 386 g/mol. The first-order valence-electron chi connectivity index (χ1n) is 7.93. The first-order chi connectivity index (χ1) is 12.2. The van der Waals surface area contributed by atoms with Crippen LogP contribution in [0.25, 0.3) is 0 Å². The summed E-state index contributed by atoms with van der Waals surface area (Å²) in [5.41, 5.74) is 0.0970. The molecular formula is C17H17F3N2O3S. The second-order valence-electron chi connectivity index (χ2n) is 6.09. The van der Waals surface area contributed by atoms with E-state index in [0.29, 0.717) is 12.3 Å². The van der Waals surface area contributed by atoms with E-state index >= 15 is 0 Å². The van der Waals surface area contributed by atoms with Crippen LogP contribution in [0.3, 0.4) is 0 Å². The van der Waals surface area contributed by atoms with Crippen molar-refractivity contribution in [3.05, 3.63) is 53.7 Å². The number of halogens is 3. The Morgan fingerprint density at radius 2 is 1.85 bits per heavy atom. The molecule has 2 aromatic rings. The van der Waals surface area contributed by atoms with Crippen LogP contribution in [0, 0.1) is 6.92 Å². The van der Waals surface area contributed by atoms with Gasteiger partial charge in [0.2, 0.25) is 15.9 Å². The molecule has 2 heterocycles. The lowest BCUT2D eigenvalue weighted by Crippen LogP contribution is -2.31. The van der Waals surface area contributed by atoms with Gasteiger partial charge in [-0.1, -0.05) is 6.07 Å². The van der Waals surface area contributed by atoms with Crippen molar-refractivity contribution in [2.24, 2.45) is 0 Å². The number of ether oxygens (including phenoxy) is 1. The maximum absolute atomic E-state index is 12.6. The zero-order valence-electron chi connectivity index (χ0n) is 13.9. The van der Waals surface area contributed by atoms with Crippen molar-refractivity contribution < 1.29 is 26.3 Å². The summed E-state index contributed by atoms with van der Waals surface area (Å²) in [5, 5.41) is 0. The molecule has 3 rings (SSSR count). The standard InChI is InChI=1S/C17H17F3N2O3S/c1-12-2-7-16(21-10-12)25-14-8-9-22(11-14)26(23,24)15-5-3-13(4-6-15)17(18,19)20/h2-7,10,14H,8-9,11H2,1H3. The Balaban J connectivity index is 1.69. The zero-order valence-corrected chi connectivity index (χ0v) is 14.7. The van der Waals surface area contributed by atoms with Gasteiger partial charge in [-0.25, -0.2) is 13.4 Å². The third-order valence-corrected chi connectivity index (χ3v) is 5.98. The minimum Gasteiger partial charge on any atom is -0.473 e. The summed E-state index contributed by atoms with van der Waals surface area (Å²) in [5.74, 6) is 0.411. The molecule has 0 N–H and O–H groups in total. The molecule has 5 nitrogen and oxygen atoms in total. The number of nitrogens with zero attached hydrogens (tertiary/aromatic N) is 2. The van der Waals surface area contributed by atoms with E-state index in [4.69, 9.17) is 4.74 Å². The molecule has 0 amide bonds. The smallest absolute Gasteiger partial charge is 0.416 e. The number of hydrogen-bond acceptors (Lipinski definition) is 4. The van der Waals surface area contributed by atoms with Crippen molar-refractivity contribution in [1.29, 1.82) is 0 Å². The monoisotopic (exact) mass is 386 g/mol.